The Bertz CT molecular complexity index is 1020. The van der Waals surface area contributed by atoms with Crippen LogP contribution in [0.25, 0.3) is 11.4 Å². The first-order valence-corrected chi connectivity index (χ1v) is 9.90. The van der Waals surface area contributed by atoms with Gasteiger partial charge in [0, 0.05) is 16.3 Å². The lowest BCUT2D eigenvalue weighted by atomic mass is 10.1. The third-order valence-corrected chi connectivity index (χ3v) is 5.24. The molecular formula is C19H15ClF3N3O2S. The fourth-order valence-electron chi connectivity index (χ4n) is 2.43. The summed E-state index contributed by atoms with van der Waals surface area (Å²) in [6.07, 6.45) is -4.45. The van der Waals surface area contributed by atoms with Crippen LogP contribution in [0.4, 0.5) is 18.9 Å². The van der Waals surface area contributed by atoms with E-state index in [0.29, 0.717) is 10.7 Å². The van der Waals surface area contributed by atoms with Crippen molar-refractivity contribution < 1.29 is 22.5 Å². The van der Waals surface area contributed by atoms with Crippen LogP contribution in [0.15, 0.2) is 47.0 Å². The molecule has 0 aliphatic rings. The number of aromatic nitrogens is 2. The van der Waals surface area contributed by atoms with Crippen LogP contribution in [-0.2, 0) is 16.7 Å². The van der Waals surface area contributed by atoms with Crippen LogP contribution in [0.5, 0.6) is 0 Å². The van der Waals surface area contributed by atoms with Gasteiger partial charge in [0.1, 0.15) is 0 Å². The van der Waals surface area contributed by atoms with Gasteiger partial charge in [0.25, 0.3) is 0 Å². The number of thioether (sulfide) groups is 1. The van der Waals surface area contributed by atoms with Gasteiger partial charge in [-0.1, -0.05) is 35.0 Å². The van der Waals surface area contributed by atoms with Crippen LogP contribution in [0.2, 0.25) is 5.02 Å². The SMILES string of the molecule is Cc1c(Cl)cccc1NC(=O)CSCc1nc(-c2cccc(C(F)(F)F)c2)no1. The Morgan fingerprint density at radius 3 is 2.76 bits per heavy atom. The maximum absolute atomic E-state index is 12.8. The first-order chi connectivity index (χ1) is 13.7. The summed E-state index contributed by atoms with van der Waals surface area (Å²) in [4.78, 5) is 16.2. The van der Waals surface area contributed by atoms with Gasteiger partial charge in [-0.2, -0.15) is 18.2 Å². The maximum Gasteiger partial charge on any atom is 0.416 e. The minimum atomic E-state index is -4.45. The van der Waals surface area contributed by atoms with Crippen molar-refractivity contribution in [2.75, 3.05) is 11.1 Å². The smallest absolute Gasteiger partial charge is 0.338 e. The average Bonchev–Trinajstić information content (AvgIpc) is 3.14. The predicted octanol–water partition coefficient (Wildman–Crippen LogP) is 5.59. The van der Waals surface area contributed by atoms with E-state index in [2.05, 4.69) is 15.5 Å². The summed E-state index contributed by atoms with van der Waals surface area (Å²) in [7, 11) is 0. The first kappa shape index (κ1) is 21.2. The zero-order chi connectivity index (χ0) is 21.0. The van der Waals surface area contributed by atoms with E-state index in [1.165, 1.54) is 23.9 Å². The Balaban J connectivity index is 1.56. The predicted molar refractivity (Wildman–Crippen MR) is 106 cm³/mol. The van der Waals surface area contributed by atoms with Gasteiger partial charge in [0.15, 0.2) is 0 Å². The van der Waals surface area contributed by atoms with Crippen molar-refractivity contribution in [1.29, 1.82) is 0 Å². The first-order valence-electron chi connectivity index (χ1n) is 8.37. The molecule has 0 aliphatic carbocycles. The van der Waals surface area contributed by atoms with E-state index in [1.807, 2.05) is 0 Å². The van der Waals surface area contributed by atoms with E-state index in [-0.39, 0.29) is 34.7 Å². The highest BCUT2D eigenvalue weighted by molar-refractivity contribution is 7.99. The number of hydrogen-bond acceptors (Lipinski definition) is 5. The molecule has 2 aromatic carbocycles. The Hall–Kier alpha value is -2.52. The fraction of sp³-hybridized carbons (Fsp3) is 0.211. The summed E-state index contributed by atoms with van der Waals surface area (Å²) in [5.41, 5.74) is 0.820. The van der Waals surface area contributed by atoms with Crippen LogP contribution in [-0.4, -0.2) is 21.8 Å². The molecule has 0 bridgehead atoms. The van der Waals surface area contributed by atoms with Crippen molar-refractivity contribution in [3.05, 3.63) is 64.5 Å². The van der Waals surface area contributed by atoms with Crippen molar-refractivity contribution in [3.8, 4) is 11.4 Å². The number of nitrogens with zero attached hydrogens (tertiary/aromatic N) is 2. The van der Waals surface area contributed by atoms with Crippen molar-refractivity contribution in [2.24, 2.45) is 0 Å². The van der Waals surface area contributed by atoms with Gasteiger partial charge in [-0.05, 0) is 36.8 Å². The normalized spacial score (nSPS) is 11.5. The summed E-state index contributed by atoms with van der Waals surface area (Å²) in [5, 5.41) is 7.04. The molecule has 0 spiro atoms. The number of benzene rings is 2. The number of alkyl halides is 3. The molecule has 29 heavy (non-hydrogen) atoms. The fourth-order valence-corrected chi connectivity index (χ4v) is 3.25. The van der Waals surface area contributed by atoms with Crippen molar-refractivity contribution in [3.63, 3.8) is 0 Å². The highest BCUT2D eigenvalue weighted by Gasteiger charge is 2.30. The van der Waals surface area contributed by atoms with Crippen molar-refractivity contribution in [2.45, 2.75) is 18.9 Å². The molecule has 3 aromatic rings. The number of carbonyl (C=O) groups is 1. The molecule has 0 radical (unpaired) electrons. The minimum absolute atomic E-state index is 0.0608. The quantitative estimate of drug-likeness (QED) is 0.540. The van der Waals surface area contributed by atoms with Gasteiger partial charge in [-0.25, -0.2) is 0 Å². The van der Waals surface area contributed by atoms with E-state index >= 15 is 0 Å². The summed E-state index contributed by atoms with van der Waals surface area (Å²) < 4.78 is 43.5. The van der Waals surface area contributed by atoms with Gasteiger partial charge in [-0.3, -0.25) is 4.79 Å². The van der Waals surface area contributed by atoms with Crippen molar-refractivity contribution >= 4 is 35.0 Å². The zero-order valence-corrected chi connectivity index (χ0v) is 16.7. The molecule has 152 valence electrons. The molecule has 1 amide bonds. The number of anilines is 1. The Labute approximate surface area is 173 Å². The third kappa shape index (κ3) is 5.51. The Morgan fingerprint density at radius 2 is 2.00 bits per heavy atom. The van der Waals surface area contributed by atoms with Crippen molar-refractivity contribution in [1.82, 2.24) is 10.1 Å². The van der Waals surface area contributed by atoms with Crippen LogP contribution in [0, 0.1) is 6.92 Å². The number of rotatable bonds is 6. The third-order valence-electron chi connectivity index (χ3n) is 3.92. The number of halogens is 4. The van der Waals surface area contributed by atoms with Crippen LogP contribution in [0.1, 0.15) is 17.0 Å². The second kappa shape index (κ2) is 8.87. The highest BCUT2D eigenvalue weighted by Crippen LogP contribution is 2.31. The van der Waals surface area contributed by atoms with Gasteiger partial charge in [0.05, 0.1) is 17.1 Å². The average molecular weight is 442 g/mol. The number of amides is 1. The molecule has 0 atom stereocenters. The topological polar surface area (TPSA) is 68.0 Å². The van der Waals surface area contributed by atoms with E-state index in [1.54, 1.807) is 25.1 Å². The molecule has 1 N–H and O–H groups in total. The van der Waals surface area contributed by atoms with Gasteiger partial charge < -0.3 is 9.84 Å². The van der Waals surface area contributed by atoms with Crippen LogP contribution < -0.4 is 5.32 Å². The van der Waals surface area contributed by atoms with Gasteiger partial charge >= 0.3 is 6.18 Å². The highest BCUT2D eigenvalue weighted by atomic mass is 35.5. The molecule has 0 saturated heterocycles. The molecule has 0 saturated carbocycles. The molecule has 0 fully saturated rings. The second-order valence-corrected chi connectivity index (χ2v) is 7.44. The molecule has 1 heterocycles. The van der Waals surface area contributed by atoms with Gasteiger partial charge in [0.2, 0.25) is 17.6 Å². The largest absolute Gasteiger partial charge is 0.416 e. The zero-order valence-electron chi connectivity index (χ0n) is 15.1. The molecule has 3 rings (SSSR count). The minimum Gasteiger partial charge on any atom is -0.338 e. The number of hydrogen-bond donors (Lipinski definition) is 1. The van der Waals surface area contributed by atoms with E-state index in [0.717, 1.165) is 17.7 Å². The number of nitrogens with one attached hydrogen (secondary N) is 1. The van der Waals surface area contributed by atoms with E-state index in [9.17, 15) is 18.0 Å². The monoisotopic (exact) mass is 441 g/mol. The maximum atomic E-state index is 12.8. The molecule has 10 heteroatoms. The van der Waals surface area contributed by atoms with Gasteiger partial charge in [-0.15, -0.1) is 11.8 Å². The lowest BCUT2D eigenvalue weighted by molar-refractivity contribution is -0.137. The summed E-state index contributed by atoms with van der Waals surface area (Å²) in [6.45, 7) is 1.80. The van der Waals surface area contributed by atoms with E-state index < -0.39 is 11.7 Å². The second-order valence-electron chi connectivity index (χ2n) is 6.04. The molecule has 0 unspecified atom stereocenters. The number of carbonyl (C=O) groups excluding carboxylic acids is 1. The Kier molecular flexibility index (Phi) is 6.49. The molecule has 5 nitrogen and oxygen atoms in total. The molecule has 1 aromatic heterocycles. The summed E-state index contributed by atoms with van der Waals surface area (Å²) in [5.74, 6) is 0.430. The van der Waals surface area contributed by atoms with Crippen LogP contribution >= 0.6 is 23.4 Å². The van der Waals surface area contributed by atoms with Crippen LogP contribution in [0.3, 0.4) is 0 Å². The Morgan fingerprint density at radius 1 is 1.24 bits per heavy atom. The molecule has 0 aliphatic heterocycles. The summed E-state index contributed by atoms with van der Waals surface area (Å²) in [6, 6.07) is 9.92. The lowest BCUT2D eigenvalue weighted by Crippen LogP contribution is -2.15. The lowest BCUT2D eigenvalue weighted by Gasteiger charge is -2.08. The van der Waals surface area contributed by atoms with E-state index in [4.69, 9.17) is 16.1 Å². The molecular weight excluding hydrogens is 427 g/mol. The standard InChI is InChI=1S/C19H15ClF3N3O2S/c1-11-14(20)6-3-7-15(11)24-16(27)9-29-10-17-25-18(26-28-17)12-4-2-5-13(8-12)19(21,22)23/h2-8H,9-10H2,1H3,(H,24,27). The summed E-state index contributed by atoms with van der Waals surface area (Å²) >= 11 is 7.26.